The van der Waals surface area contributed by atoms with Crippen molar-refractivity contribution >= 4 is 45.3 Å². The topological polar surface area (TPSA) is 185 Å². The number of nitrogens with two attached hydrogens (primary N) is 1. The molecule has 3 aromatic rings. The highest BCUT2D eigenvalue weighted by atomic mass is 16.3. The second-order valence-corrected chi connectivity index (χ2v) is 11.7. The number of rotatable bonds is 6. The van der Waals surface area contributed by atoms with E-state index in [1.165, 1.54) is 0 Å². The summed E-state index contributed by atoms with van der Waals surface area (Å²) in [6, 6.07) is 15.3. The third-order valence-corrected chi connectivity index (χ3v) is 8.88. The lowest BCUT2D eigenvalue weighted by Crippen LogP contribution is -2.57. The van der Waals surface area contributed by atoms with Crippen molar-refractivity contribution in [2.45, 2.75) is 24.9 Å². The summed E-state index contributed by atoms with van der Waals surface area (Å²) in [5.41, 5.74) is 3.65. The lowest BCUT2D eigenvalue weighted by molar-refractivity contribution is -0.144. The maximum absolute atomic E-state index is 14.1. The fourth-order valence-electron chi connectivity index (χ4n) is 6.85. The summed E-state index contributed by atoms with van der Waals surface area (Å²) >= 11 is 0. The van der Waals surface area contributed by atoms with Crippen LogP contribution in [0, 0.1) is 11.8 Å². The number of nitrogens with zero attached hydrogens (tertiary/aromatic N) is 1. The number of phenols is 1. The summed E-state index contributed by atoms with van der Waals surface area (Å²) in [4.78, 5) is 41.0. The number of phenolic OH excluding ortho intramolecular Hbond substituents is 1. The van der Waals surface area contributed by atoms with Crippen LogP contribution in [0.4, 0.5) is 17.1 Å². The molecule has 11 nitrogen and oxygen atoms in total. The van der Waals surface area contributed by atoms with E-state index in [4.69, 9.17) is 5.73 Å². The van der Waals surface area contributed by atoms with Crippen LogP contribution >= 0.6 is 0 Å². The average molecular weight is 597 g/mol. The molecule has 3 aliphatic rings. The van der Waals surface area contributed by atoms with Gasteiger partial charge in [-0.1, -0.05) is 43.0 Å². The average Bonchev–Trinajstić information content (AvgIpc) is 2.96. The SMILES string of the molecule is C=C(Nc1cc(N(C)C)c2c(c1O)C(=O)C1=C(O)[C@]3(O)C(=O)C(C(N)=O)=C(O)C[C@@H]3C[C@@H]1C2)Nc1cccc2ccccc12. The number of fused-ring (bicyclic) bond motifs is 4. The van der Waals surface area contributed by atoms with Gasteiger partial charge in [0.1, 0.15) is 22.9 Å². The number of anilines is 3. The Balaban J connectivity index is 1.41. The first kappa shape index (κ1) is 28.8. The number of aliphatic hydroxyl groups excluding tert-OH is 2. The van der Waals surface area contributed by atoms with Gasteiger partial charge in [-0.25, -0.2) is 0 Å². The quantitative estimate of drug-likeness (QED) is 0.163. The minimum atomic E-state index is -2.62. The van der Waals surface area contributed by atoms with Crippen molar-refractivity contribution in [1.29, 1.82) is 0 Å². The molecule has 3 aromatic carbocycles. The Morgan fingerprint density at radius 1 is 1.02 bits per heavy atom. The highest BCUT2D eigenvalue weighted by molar-refractivity contribution is 6.24. The van der Waals surface area contributed by atoms with E-state index in [9.17, 15) is 34.8 Å². The van der Waals surface area contributed by atoms with Crippen molar-refractivity contribution in [1.82, 2.24) is 0 Å². The summed E-state index contributed by atoms with van der Waals surface area (Å²) in [5.74, 6) is -6.42. The molecule has 0 fully saturated rings. The molecule has 3 atom stereocenters. The maximum Gasteiger partial charge on any atom is 0.255 e. The van der Waals surface area contributed by atoms with Crippen molar-refractivity contribution in [2.75, 3.05) is 29.6 Å². The minimum Gasteiger partial charge on any atom is -0.511 e. The van der Waals surface area contributed by atoms with Gasteiger partial charge in [0.05, 0.1) is 11.3 Å². The van der Waals surface area contributed by atoms with E-state index in [0.717, 1.165) is 16.5 Å². The Morgan fingerprint density at radius 3 is 2.41 bits per heavy atom. The molecule has 11 heteroatoms. The van der Waals surface area contributed by atoms with E-state index in [2.05, 4.69) is 17.2 Å². The van der Waals surface area contributed by atoms with Crippen molar-refractivity contribution in [2.24, 2.45) is 17.6 Å². The Kier molecular flexibility index (Phi) is 6.66. The second-order valence-electron chi connectivity index (χ2n) is 11.7. The van der Waals surface area contributed by atoms with Gasteiger partial charge in [-0.3, -0.25) is 14.4 Å². The number of hydrogen-bond donors (Lipinski definition) is 7. The molecule has 0 saturated heterocycles. The molecule has 1 amide bonds. The van der Waals surface area contributed by atoms with Crippen molar-refractivity contribution in [3.05, 3.63) is 94.7 Å². The van der Waals surface area contributed by atoms with Crippen molar-refractivity contribution in [3.8, 4) is 5.75 Å². The van der Waals surface area contributed by atoms with Crippen LogP contribution < -0.4 is 21.3 Å². The van der Waals surface area contributed by atoms with Crippen LogP contribution in [0.1, 0.15) is 28.8 Å². The number of nitrogens with one attached hydrogen (secondary N) is 2. The number of aromatic hydroxyl groups is 1. The molecule has 0 unspecified atom stereocenters. The van der Waals surface area contributed by atoms with Crippen LogP contribution in [0.25, 0.3) is 10.8 Å². The molecule has 6 rings (SSSR count). The number of hydrogen-bond acceptors (Lipinski definition) is 10. The third-order valence-electron chi connectivity index (χ3n) is 8.88. The fourth-order valence-corrected chi connectivity index (χ4v) is 6.85. The first-order valence-corrected chi connectivity index (χ1v) is 14.1. The Labute approximate surface area is 252 Å². The molecule has 8 N–H and O–H groups in total. The number of primary amides is 1. The predicted octanol–water partition coefficient (Wildman–Crippen LogP) is 3.79. The molecule has 0 aromatic heterocycles. The summed E-state index contributed by atoms with van der Waals surface area (Å²) < 4.78 is 0. The molecular weight excluding hydrogens is 564 g/mol. The molecule has 3 aliphatic carbocycles. The van der Waals surface area contributed by atoms with Gasteiger partial charge < -0.3 is 41.7 Å². The van der Waals surface area contributed by atoms with Gasteiger partial charge in [-0.2, -0.15) is 0 Å². The lowest BCUT2D eigenvalue weighted by atomic mass is 9.60. The zero-order valence-corrected chi connectivity index (χ0v) is 24.1. The fraction of sp³-hybridized carbons (Fsp3) is 0.242. The summed E-state index contributed by atoms with van der Waals surface area (Å²) in [6.07, 6.45) is -0.0247. The van der Waals surface area contributed by atoms with E-state index < -0.39 is 57.8 Å². The number of amides is 1. The highest BCUT2D eigenvalue weighted by Crippen LogP contribution is 2.53. The normalized spacial score (nSPS) is 22.7. The first-order chi connectivity index (χ1) is 20.8. The van der Waals surface area contributed by atoms with Gasteiger partial charge in [-0.15, -0.1) is 0 Å². The summed E-state index contributed by atoms with van der Waals surface area (Å²) in [5, 5.41) is 52.9. The number of carbonyl (C=O) groups excluding carboxylic acids is 3. The molecule has 0 radical (unpaired) electrons. The molecule has 0 aliphatic heterocycles. The Morgan fingerprint density at radius 2 is 1.70 bits per heavy atom. The lowest BCUT2D eigenvalue weighted by Gasteiger charge is -2.46. The van der Waals surface area contributed by atoms with Gasteiger partial charge in [-0.05, 0) is 41.8 Å². The monoisotopic (exact) mass is 596 g/mol. The van der Waals surface area contributed by atoms with Crippen LogP contribution in [-0.2, 0) is 16.0 Å². The largest absolute Gasteiger partial charge is 0.511 e. The highest BCUT2D eigenvalue weighted by Gasteiger charge is 2.59. The van der Waals surface area contributed by atoms with Crippen molar-refractivity contribution in [3.63, 3.8) is 0 Å². The van der Waals surface area contributed by atoms with E-state index in [1.807, 2.05) is 42.5 Å². The van der Waals surface area contributed by atoms with Gasteiger partial charge in [0.15, 0.2) is 17.1 Å². The van der Waals surface area contributed by atoms with Gasteiger partial charge >= 0.3 is 0 Å². The number of aliphatic hydroxyl groups is 3. The van der Waals surface area contributed by atoms with Gasteiger partial charge in [0.25, 0.3) is 5.91 Å². The maximum atomic E-state index is 14.1. The van der Waals surface area contributed by atoms with Gasteiger partial charge in [0.2, 0.25) is 5.78 Å². The second kappa shape index (κ2) is 10.2. The molecule has 44 heavy (non-hydrogen) atoms. The van der Waals surface area contributed by atoms with E-state index >= 15 is 0 Å². The summed E-state index contributed by atoms with van der Waals surface area (Å²) in [7, 11) is 3.58. The molecule has 0 spiro atoms. The minimum absolute atomic E-state index is 0.0578. The van der Waals surface area contributed by atoms with Crippen LogP contribution in [0.3, 0.4) is 0 Å². The molecule has 0 heterocycles. The predicted molar refractivity (Wildman–Crippen MR) is 165 cm³/mol. The Hall–Kier alpha value is -5.29. The molecule has 0 bridgehead atoms. The molecule has 0 saturated carbocycles. The van der Waals surface area contributed by atoms with Crippen LogP contribution in [0.5, 0.6) is 5.75 Å². The number of allylic oxidation sites excluding steroid dienone is 2. The number of carbonyl (C=O) groups is 3. The van der Waals surface area contributed by atoms with Crippen LogP contribution in [0.15, 0.2) is 83.6 Å². The zero-order chi connectivity index (χ0) is 31.7. The van der Waals surface area contributed by atoms with Crippen LogP contribution in [0.2, 0.25) is 0 Å². The molecular formula is C33H32N4O7. The number of ketones is 2. The smallest absolute Gasteiger partial charge is 0.255 e. The zero-order valence-electron chi connectivity index (χ0n) is 24.1. The standard InChI is InChI=1S/C33H32N4O7/c1-15(35-21-10-6-8-16-7-4-5-9-19(16)21)36-22-14-23(37(2)3)20-12-17-11-18-13-24(38)27(32(34)43)31(42)33(18,44)30(41)25(17)29(40)26(20)28(22)39/h4-10,14,17-18,35-36,38-39,41,44H,1,11-13H2,2-3H3,(H2,34,43)/t17-,18+,33+/m1/s1. The third kappa shape index (κ3) is 4.19. The van der Waals surface area contributed by atoms with E-state index in [1.54, 1.807) is 25.1 Å². The van der Waals surface area contributed by atoms with Crippen LogP contribution in [-0.4, -0.2) is 57.6 Å². The first-order valence-electron chi connectivity index (χ1n) is 14.1. The number of Topliss-reactive ketones (excluding diaryl/α,β-unsaturated/α-hetero) is 2. The van der Waals surface area contributed by atoms with Crippen molar-refractivity contribution < 1.29 is 34.8 Å². The van der Waals surface area contributed by atoms with E-state index in [-0.39, 0.29) is 36.1 Å². The molecule has 226 valence electrons. The van der Waals surface area contributed by atoms with E-state index in [0.29, 0.717) is 17.1 Å². The summed E-state index contributed by atoms with van der Waals surface area (Å²) in [6.45, 7) is 4.05. The van der Waals surface area contributed by atoms with Gasteiger partial charge in [0, 0.05) is 48.8 Å². The Bertz CT molecular complexity index is 1870. The number of benzene rings is 3.